The van der Waals surface area contributed by atoms with Crippen molar-refractivity contribution in [3.05, 3.63) is 28.8 Å². The lowest BCUT2D eigenvalue weighted by atomic mass is 10.2. The Labute approximate surface area is 129 Å². The Morgan fingerprint density at radius 3 is 2.76 bits per heavy atom. The van der Waals surface area contributed by atoms with Crippen LogP contribution < -0.4 is 10.1 Å². The Balaban J connectivity index is 1.92. The highest BCUT2D eigenvalue weighted by Crippen LogP contribution is 2.22. The van der Waals surface area contributed by atoms with Crippen molar-refractivity contribution in [2.45, 2.75) is 32.4 Å². The van der Waals surface area contributed by atoms with E-state index in [2.05, 4.69) is 5.32 Å². The van der Waals surface area contributed by atoms with Gasteiger partial charge < -0.3 is 10.1 Å². The molecule has 1 aliphatic heterocycles. The Kier molecular flexibility index (Phi) is 4.78. The predicted octanol–water partition coefficient (Wildman–Crippen LogP) is 1.72. The van der Waals surface area contributed by atoms with Crippen LogP contribution in [0.5, 0.6) is 5.75 Å². The summed E-state index contributed by atoms with van der Waals surface area (Å²) >= 11 is 5.93. The van der Waals surface area contributed by atoms with E-state index in [0.717, 1.165) is 5.56 Å². The number of sulfone groups is 1. The third-order valence-electron chi connectivity index (χ3n) is 3.39. The maximum Gasteiger partial charge on any atom is 0.261 e. The minimum Gasteiger partial charge on any atom is -0.481 e. The van der Waals surface area contributed by atoms with Crippen molar-refractivity contribution in [1.82, 2.24) is 5.32 Å². The number of halogens is 1. The topological polar surface area (TPSA) is 72.5 Å². The summed E-state index contributed by atoms with van der Waals surface area (Å²) in [6.45, 7) is 3.48. The molecule has 0 spiro atoms. The summed E-state index contributed by atoms with van der Waals surface area (Å²) in [7, 11) is -3.01. The normalized spacial score (nSPS) is 21.8. The number of carbonyl (C=O) groups excluding carboxylic acids is 1. The molecule has 0 saturated carbocycles. The first kappa shape index (κ1) is 16.1. The first-order chi connectivity index (χ1) is 9.77. The van der Waals surface area contributed by atoms with Gasteiger partial charge in [0.15, 0.2) is 15.9 Å². The smallest absolute Gasteiger partial charge is 0.261 e. The molecule has 1 aliphatic rings. The second-order valence-corrected chi connectivity index (χ2v) is 7.92. The molecule has 116 valence electrons. The summed E-state index contributed by atoms with van der Waals surface area (Å²) in [4.78, 5) is 12.0. The molecule has 7 heteroatoms. The monoisotopic (exact) mass is 331 g/mol. The van der Waals surface area contributed by atoms with Gasteiger partial charge in [-0.25, -0.2) is 8.42 Å². The van der Waals surface area contributed by atoms with Crippen molar-refractivity contribution in [3.8, 4) is 5.75 Å². The van der Waals surface area contributed by atoms with Crippen LogP contribution in [0.1, 0.15) is 18.9 Å². The summed E-state index contributed by atoms with van der Waals surface area (Å²) in [5.74, 6) is 0.373. The molecule has 0 aromatic heterocycles. The molecule has 0 radical (unpaired) electrons. The Morgan fingerprint density at radius 2 is 2.19 bits per heavy atom. The van der Waals surface area contributed by atoms with E-state index in [0.29, 0.717) is 17.2 Å². The molecule has 1 N–H and O–H groups in total. The first-order valence-electron chi connectivity index (χ1n) is 6.70. The minimum atomic E-state index is -3.01. The fourth-order valence-electron chi connectivity index (χ4n) is 2.18. The van der Waals surface area contributed by atoms with Crippen LogP contribution in [-0.4, -0.2) is 38.0 Å². The van der Waals surface area contributed by atoms with E-state index >= 15 is 0 Å². The Bertz CT molecular complexity index is 644. The molecule has 2 rings (SSSR count). The van der Waals surface area contributed by atoms with Gasteiger partial charge in [0.25, 0.3) is 5.91 Å². The highest BCUT2D eigenvalue weighted by atomic mass is 35.5. The molecular formula is C14H18ClNO4S. The van der Waals surface area contributed by atoms with Gasteiger partial charge in [0.2, 0.25) is 0 Å². The van der Waals surface area contributed by atoms with Gasteiger partial charge in [-0.05, 0) is 44.0 Å². The zero-order valence-corrected chi connectivity index (χ0v) is 13.5. The number of aryl methyl sites for hydroxylation is 1. The number of benzene rings is 1. The zero-order valence-electron chi connectivity index (χ0n) is 11.9. The van der Waals surface area contributed by atoms with Gasteiger partial charge >= 0.3 is 0 Å². The second kappa shape index (κ2) is 6.23. The van der Waals surface area contributed by atoms with E-state index in [1.807, 2.05) is 6.92 Å². The molecule has 0 bridgehead atoms. The van der Waals surface area contributed by atoms with Crippen LogP contribution in [0.15, 0.2) is 18.2 Å². The van der Waals surface area contributed by atoms with Gasteiger partial charge in [0, 0.05) is 11.1 Å². The molecule has 1 saturated heterocycles. The highest BCUT2D eigenvalue weighted by Gasteiger charge is 2.30. The molecule has 1 fully saturated rings. The van der Waals surface area contributed by atoms with Crippen LogP contribution in [-0.2, 0) is 14.6 Å². The van der Waals surface area contributed by atoms with Crippen LogP contribution in [0.2, 0.25) is 5.02 Å². The van der Waals surface area contributed by atoms with Crippen molar-refractivity contribution >= 4 is 27.3 Å². The van der Waals surface area contributed by atoms with Crippen LogP contribution in [0.3, 0.4) is 0 Å². The summed E-state index contributed by atoms with van der Waals surface area (Å²) in [5, 5.41) is 3.35. The third-order valence-corrected chi connectivity index (χ3v) is 5.58. The molecular weight excluding hydrogens is 314 g/mol. The maximum atomic E-state index is 12.0. The maximum absolute atomic E-state index is 12.0. The minimum absolute atomic E-state index is 0.00547. The quantitative estimate of drug-likeness (QED) is 0.911. The van der Waals surface area contributed by atoms with E-state index in [-0.39, 0.29) is 23.5 Å². The van der Waals surface area contributed by atoms with Gasteiger partial charge in [-0.3, -0.25) is 4.79 Å². The Morgan fingerprint density at radius 1 is 1.48 bits per heavy atom. The van der Waals surface area contributed by atoms with Crippen LogP contribution >= 0.6 is 11.6 Å². The van der Waals surface area contributed by atoms with Crippen LogP contribution in [0.4, 0.5) is 0 Å². The molecule has 0 unspecified atom stereocenters. The molecule has 2 atom stereocenters. The van der Waals surface area contributed by atoms with E-state index < -0.39 is 15.9 Å². The lowest BCUT2D eigenvalue weighted by Gasteiger charge is -2.17. The molecule has 1 aromatic carbocycles. The lowest BCUT2D eigenvalue weighted by molar-refractivity contribution is -0.127. The van der Waals surface area contributed by atoms with Crippen LogP contribution in [0, 0.1) is 6.92 Å². The number of hydrogen-bond donors (Lipinski definition) is 1. The van der Waals surface area contributed by atoms with Crippen molar-refractivity contribution < 1.29 is 17.9 Å². The predicted molar refractivity (Wildman–Crippen MR) is 81.5 cm³/mol. The lowest BCUT2D eigenvalue weighted by Crippen LogP contribution is -2.43. The molecule has 1 aromatic rings. The van der Waals surface area contributed by atoms with Gasteiger partial charge in [0.1, 0.15) is 5.75 Å². The second-order valence-electron chi connectivity index (χ2n) is 5.28. The van der Waals surface area contributed by atoms with Gasteiger partial charge in [0.05, 0.1) is 11.5 Å². The SMILES string of the molecule is Cc1cc(O[C@@H](C)C(=O)N[C@@H]2CCS(=O)(=O)C2)ccc1Cl. The first-order valence-corrected chi connectivity index (χ1v) is 8.90. The van der Waals surface area contributed by atoms with E-state index in [1.165, 1.54) is 0 Å². The average molecular weight is 332 g/mol. The summed E-state index contributed by atoms with van der Waals surface area (Å²) in [6.07, 6.45) is -0.241. The number of ether oxygens (including phenoxy) is 1. The number of carbonyl (C=O) groups is 1. The van der Waals surface area contributed by atoms with E-state index in [1.54, 1.807) is 25.1 Å². The molecule has 1 heterocycles. The summed E-state index contributed by atoms with van der Waals surface area (Å²) in [6, 6.07) is 4.84. The summed E-state index contributed by atoms with van der Waals surface area (Å²) in [5.41, 5.74) is 0.865. The van der Waals surface area contributed by atoms with Gasteiger partial charge in [-0.1, -0.05) is 11.6 Å². The van der Waals surface area contributed by atoms with Gasteiger partial charge in [-0.15, -0.1) is 0 Å². The van der Waals surface area contributed by atoms with E-state index in [9.17, 15) is 13.2 Å². The number of nitrogens with one attached hydrogen (secondary N) is 1. The number of rotatable bonds is 4. The van der Waals surface area contributed by atoms with Crippen molar-refractivity contribution in [2.24, 2.45) is 0 Å². The molecule has 0 aliphatic carbocycles. The highest BCUT2D eigenvalue weighted by molar-refractivity contribution is 7.91. The molecule has 21 heavy (non-hydrogen) atoms. The number of amides is 1. The van der Waals surface area contributed by atoms with Crippen molar-refractivity contribution in [1.29, 1.82) is 0 Å². The van der Waals surface area contributed by atoms with E-state index in [4.69, 9.17) is 16.3 Å². The van der Waals surface area contributed by atoms with Crippen molar-refractivity contribution in [3.63, 3.8) is 0 Å². The fraction of sp³-hybridized carbons (Fsp3) is 0.500. The third kappa shape index (κ3) is 4.35. The largest absolute Gasteiger partial charge is 0.481 e. The van der Waals surface area contributed by atoms with Crippen molar-refractivity contribution in [2.75, 3.05) is 11.5 Å². The average Bonchev–Trinajstić information content (AvgIpc) is 2.73. The Hall–Kier alpha value is -1.27. The summed E-state index contributed by atoms with van der Waals surface area (Å²) < 4.78 is 28.3. The number of hydrogen-bond acceptors (Lipinski definition) is 4. The fourth-order valence-corrected chi connectivity index (χ4v) is 3.97. The zero-order chi connectivity index (χ0) is 15.6. The van der Waals surface area contributed by atoms with Gasteiger partial charge in [-0.2, -0.15) is 0 Å². The molecule has 1 amide bonds. The van der Waals surface area contributed by atoms with Crippen LogP contribution in [0.25, 0.3) is 0 Å². The molecule has 5 nitrogen and oxygen atoms in total. The standard InChI is InChI=1S/C14H18ClNO4S/c1-9-7-12(3-4-13(9)15)20-10(2)14(17)16-11-5-6-21(18,19)8-11/h3-4,7,10-11H,5-6,8H2,1-2H3,(H,16,17)/t10-,11+/m0/s1.